The first-order chi connectivity index (χ1) is 19.6. The number of rotatable bonds is 18. The van der Waals surface area contributed by atoms with E-state index in [9.17, 15) is 9.90 Å². The first kappa shape index (κ1) is 29.2. The van der Waals surface area contributed by atoms with Gasteiger partial charge in [-0.2, -0.15) is 0 Å². The molecule has 40 heavy (non-hydrogen) atoms. The fourth-order valence-corrected chi connectivity index (χ4v) is 3.72. The zero-order valence-corrected chi connectivity index (χ0v) is 22.7. The van der Waals surface area contributed by atoms with Crippen LogP contribution in [0, 0.1) is 5.92 Å². The summed E-state index contributed by atoms with van der Waals surface area (Å²) in [4.78, 5) is 12.1. The highest BCUT2D eigenvalue weighted by Gasteiger charge is 2.20. The molecule has 3 aromatic rings. The Morgan fingerprint density at radius 2 is 1.50 bits per heavy atom. The largest absolute Gasteiger partial charge is 0.491 e. The van der Waals surface area contributed by atoms with Crippen LogP contribution < -0.4 is 30.2 Å². The molecule has 1 unspecified atom stereocenters. The van der Waals surface area contributed by atoms with E-state index in [1.807, 2.05) is 66.7 Å². The fourth-order valence-electron chi connectivity index (χ4n) is 3.72. The molecule has 1 fully saturated rings. The summed E-state index contributed by atoms with van der Waals surface area (Å²) in [5.41, 5.74) is 1.76. The molecule has 4 N–H and O–H groups in total. The highest BCUT2D eigenvalue weighted by molar-refractivity contribution is 5.89. The van der Waals surface area contributed by atoms with Gasteiger partial charge < -0.3 is 40.0 Å². The van der Waals surface area contributed by atoms with Crippen LogP contribution in [0.25, 0.3) is 0 Å². The third kappa shape index (κ3) is 11.5. The van der Waals surface area contributed by atoms with Crippen molar-refractivity contribution in [2.24, 2.45) is 5.92 Å². The molecular formula is C31H39N3O6. The SMILES string of the molecule is O=C(NCCNCC(O)COc1ccc(OCCOCC2CC2)cc1)Nc1ccc(OCc2ccccc2)cc1. The summed E-state index contributed by atoms with van der Waals surface area (Å²) < 4.78 is 22.6. The second kappa shape index (κ2) is 16.3. The number of hydrogen-bond acceptors (Lipinski definition) is 7. The first-order valence-electron chi connectivity index (χ1n) is 13.8. The Labute approximate surface area is 235 Å². The topological polar surface area (TPSA) is 110 Å². The predicted octanol–water partition coefficient (Wildman–Crippen LogP) is 4.22. The van der Waals surface area contributed by atoms with E-state index in [0.29, 0.717) is 50.9 Å². The van der Waals surface area contributed by atoms with Crippen LogP contribution in [0.5, 0.6) is 17.2 Å². The van der Waals surface area contributed by atoms with E-state index in [0.717, 1.165) is 29.6 Å². The van der Waals surface area contributed by atoms with E-state index in [1.54, 1.807) is 12.1 Å². The average Bonchev–Trinajstić information content (AvgIpc) is 3.81. The number of carbonyl (C=O) groups excluding carboxylic acids is 1. The molecule has 9 heteroatoms. The molecule has 1 aliphatic carbocycles. The highest BCUT2D eigenvalue weighted by atomic mass is 16.5. The third-order valence-corrected chi connectivity index (χ3v) is 6.14. The van der Waals surface area contributed by atoms with E-state index < -0.39 is 6.10 Å². The third-order valence-electron chi connectivity index (χ3n) is 6.14. The molecule has 0 heterocycles. The van der Waals surface area contributed by atoms with Gasteiger partial charge in [0.25, 0.3) is 0 Å². The summed E-state index contributed by atoms with van der Waals surface area (Å²) in [5, 5.41) is 18.8. The maximum atomic E-state index is 12.1. The number of nitrogens with one attached hydrogen (secondary N) is 3. The van der Waals surface area contributed by atoms with Crippen LogP contribution in [0.4, 0.5) is 10.5 Å². The van der Waals surface area contributed by atoms with Crippen molar-refractivity contribution in [3.05, 3.63) is 84.4 Å². The van der Waals surface area contributed by atoms with E-state index in [-0.39, 0.29) is 12.6 Å². The van der Waals surface area contributed by atoms with Gasteiger partial charge in [0.05, 0.1) is 6.61 Å². The van der Waals surface area contributed by atoms with Gasteiger partial charge in [-0.3, -0.25) is 0 Å². The maximum absolute atomic E-state index is 12.1. The Kier molecular flexibility index (Phi) is 11.9. The Hall–Kier alpha value is -3.79. The number of aliphatic hydroxyl groups excluding tert-OH is 1. The lowest BCUT2D eigenvalue weighted by atomic mass is 10.2. The molecular weight excluding hydrogens is 510 g/mol. The molecule has 1 atom stereocenters. The van der Waals surface area contributed by atoms with Crippen LogP contribution in [-0.2, 0) is 11.3 Å². The van der Waals surface area contributed by atoms with Crippen molar-refractivity contribution < 1.29 is 28.8 Å². The maximum Gasteiger partial charge on any atom is 0.319 e. The predicted molar refractivity (Wildman–Crippen MR) is 154 cm³/mol. The van der Waals surface area contributed by atoms with Crippen molar-refractivity contribution in [1.82, 2.24) is 10.6 Å². The Balaban J connectivity index is 1.00. The number of carbonyl (C=O) groups is 1. The molecule has 0 bridgehead atoms. The zero-order chi connectivity index (χ0) is 27.8. The van der Waals surface area contributed by atoms with E-state index in [4.69, 9.17) is 18.9 Å². The van der Waals surface area contributed by atoms with Crippen LogP contribution in [0.1, 0.15) is 18.4 Å². The summed E-state index contributed by atoms with van der Waals surface area (Å²) in [6, 6.07) is 24.2. The quantitative estimate of drug-likeness (QED) is 0.176. The Bertz CT molecular complexity index is 1120. The van der Waals surface area contributed by atoms with E-state index in [1.165, 1.54) is 12.8 Å². The molecule has 0 aliphatic heterocycles. The average molecular weight is 550 g/mol. The van der Waals surface area contributed by atoms with Crippen molar-refractivity contribution in [3.63, 3.8) is 0 Å². The number of ether oxygens (including phenoxy) is 4. The summed E-state index contributed by atoms with van der Waals surface area (Å²) >= 11 is 0. The summed E-state index contributed by atoms with van der Waals surface area (Å²) in [6.45, 7) is 3.84. The minimum atomic E-state index is -0.684. The van der Waals surface area contributed by atoms with Gasteiger partial charge in [-0.25, -0.2) is 4.79 Å². The molecule has 0 aromatic heterocycles. The van der Waals surface area contributed by atoms with Gasteiger partial charge in [0, 0.05) is 31.9 Å². The van der Waals surface area contributed by atoms with Gasteiger partial charge in [0.1, 0.15) is 43.2 Å². The molecule has 0 saturated heterocycles. The Morgan fingerprint density at radius 3 is 2.23 bits per heavy atom. The van der Waals surface area contributed by atoms with Crippen LogP contribution in [0.3, 0.4) is 0 Å². The van der Waals surface area contributed by atoms with Gasteiger partial charge in [0.2, 0.25) is 0 Å². The molecule has 9 nitrogen and oxygen atoms in total. The summed E-state index contributed by atoms with van der Waals surface area (Å²) in [5.74, 6) is 2.90. The minimum Gasteiger partial charge on any atom is -0.491 e. The number of amides is 2. The number of benzene rings is 3. The highest BCUT2D eigenvalue weighted by Crippen LogP contribution is 2.28. The molecule has 2 amide bonds. The van der Waals surface area contributed by atoms with Crippen LogP contribution >= 0.6 is 0 Å². The summed E-state index contributed by atoms with van der Waals surface area (Å²) in [6.07, 6.45) is 1.88. The van der Waals surface area contributed by atoms with Crippen molar-refractivity contribution in [3.8, 4) is 17.2 Å². The number of hydrogen-bond donors (Lipinski definition) is 4. The first-order valence-corrected chi connectivity index (χ1v) is 13.8. The molecule has 214 valence electrons. The fraction of sp³-hybridized carbons (Fsp3) is 0.387. The lowest BCUT2D eigenvalue weighted by Crippen LogP contribution is -2.38. The van der Waals surface area contributed by atoms with Crippen molar-refractivity contribution >= 4 is 11.7 Å². The number of urea groups is 1. The lowest BCUT2D eigenvalue weighted by molar-refractivity contribution is 0.0926. The molecule has 3 aromatic carbocycles. The van der Waals surface area contributed by atoms with Gasteiger partial charge in [-0.1, -0.05) is 30.3 Å². The van der Waals surface area contributed by atoms with Gasteiger partial charge in [-0.15, -0.1) is 0 Å². The molecule has 0 spiro atoms. The van der Waals surface area contributed by atoms with E-state index >= 15 is 0 Å². The zero-order valence-electron chi connectivity index (χ0n) is 22.7. The monoisotopic (exact) mass is 549 g/mol. The number of aliphatic hydroxyl groups is 1. The summed E-state index contributed by atoms with van der Waals surface area (Å²) in [7, 11) is 0. The second-order valence-corrected chi connectivity index (χ2v) is 9.69. The number of anilines is 1. The molecule has 1 aliphatic rings. The van der Waals surface area contributed by atoms with Crippen LogP contribution in [-0.4, -0.2) is 63.3 Å². The standard InChI is InChI=1S/C31H39N3O6/c35-27(23-40-30-14-12-28(13-15-30)38-19-18-37-21-25-6-7-25)20-32-16-17-33-31(36)34-26-8-10-29(11-9-26)39-22-24-4-2-1-3-5-24/h1-5,8-15,25,27,32,35H,6-7,16-23H2,(H2,33,34,36). The normalized spacial score (nSPS) is 13.3. The van der Waals surface area contributed by atoms with Gasteiger partial charge in [0.15, 0.2) is 0 Å². The van der Waals surface area contributed by atoms with Crippen molar-refractivity contribution in [2.45, 2.75) is 25.6 Å². The van der Waals surface area contributed by atoms with Crippen molar-refractivity contribution in [1.29, 1.82) is 0 Å². The molecule has 4 rings (SSSR count). The van der Waals surface area contributed by atoms with Crippen LogP contribution in [0.2, 0.25) is 0 Å². The Morgan fingerprint density at radius 1 is 0.825 bits per heavy atom. The molecule has 0 radical (unpaired) electrons. The molecule has 1 saturated carbocycles. The minimum absolute atomic E-state index is 0.154. The second-order valence-electron chi connectivity index (χ2n) is 9.69. The lowest BCUT2D eigenvalue weighted by Gasteiger charge is -2.14. The van der Waals surface area contributed by atoms with Crippen LogP contribution in [0.15, 0.2) is 78.9 Å². The smallest absolute Gasteiger partial charge is 0.319 e. The van der Waals surface area contributed by atoms with E-state index in [2.05, 4.69) is 16.0 Å². The van der Waals surface area contributed by atoms with Crippen molar-refractivity contribution in [2.75, 3.05) is 51.4 Å². The van der Waals surface area contributed by atoms with Gasteiger partial charge in [-0.05, 0) is 72.9 Å². The van der Waals surface area contributed by atoms with Gasteiger partial charge >= 0.3 is 6.03 Å².